The van der Waals surface area contributed by atoms with Crippen LogP contribution >= 0.6 is 15.9 Å². The van der Waals surface area contributed by atoms with Crippen LogP contribution in [0.4, 0.5) is 4.79 Å². The van der Waals surface area contributed by atoms with Gasteiger partial charge < -0.3 is 24.3 Å². The second-order valence-electron chi connectivity index (χ2n) is 11.2. The fourth-order valence-electron chi connectivity index (χ4n) is 6.06. The highest BCUT2D eigenvalue weighted by atomic mass is 79.9. The van der Waals surface area contributed by atoms with E-state index in [9.17, 15) is 4.79 Å². The summed E-state index contributed by atoms with van der Waals surface area (Å²) in [5.41, 5.74) is 1.96. The van der Waals surface area contributed by atoms with Crippen molar-refractivity contribution in [2.45, 2.75) is 76.2 Å². The van der Waals surface area contributed by atoms with E-state index in [4.69, 9.17) is 18.9 Å². The van der Waals surface area contributed by atoms with E-state index in [1.807, 2.05) is 48.5 Å². The Morgan fingerprint density at radius 2 is 1.68 bits per heavy atom. The van der Waals surface area contributed by atoms with Crippen molar-refractivity contribution in [3.05, 3.63) is 64.1 Å². The van der Waals surface area contributed by atoms with E-state index in [1.165, 1.54) is 19.3 Å². The topological polar surface area (TPSA) is 69.3 Å². The molecule has 0 aromatic heterocycles. The van der Waals surface area contributed by atoms with E-state index in [2.05, 4.69) is 26.1 Å². The molecule has 1 N–H and O–H groups in total. The zero-order valence-corrected chi connectivity index (χ0v) is 25.0. The summed E-state index contributed by atoms with van der Waals surface area (Å²) in [5.74, 6) is 1.27. The minimum atomic E-state index is -0.363. The van der Waals surface area contributed by atoms with E-state index >= 15 is 0 Å². The standard InChI is InChI=1S/C32H43BrN2O5/c33-27-20-26(21-28(22-27)37-17-9-4-2-1-3-8-12-30-38-18-19-39-30)31(25-10-6-5-7-11-25)34-32(36)40-29-23-35-15-13-24(29)14-16-35/h5-7,10-11,20-22,24,29-31H,1-4,8-9,12-19,23H2,(H,34,36). The van der Waals surface area contributed by atoms with Crippen molar-refractivity contribution >= 4 is 22.0 Å². The predicted octanol–water partition coefficient (Wildman–Crippen LogP) is 6.84. The van der Waals surface area contributed by atoms with Crippen LogP contribution in [0.1, 0.15) is 75.0 Å². The number of piperidine rings is 3. The van der Waals surface area contributed by atoms with Gasteiger partial charge in [0, 0.05) is 11.0 Å². The van der Waals surface area contributed by atoms with Crippen molar-refractivity contribution in [3.8, 4) is 5.75 Å². The molecule has 4 aliphatic heterocycles. The number of nitrogens with zero attached hydrogens (tertiary/aromatic N) is 1. The van der Waals surface area contributed by atoms with Crippen molar-refractivity contribution in [1.29, 1.82) is 0 Å². The van der Waals surface area contributed by atoms with Crippen molar-refractivity contribution in [1.82, 2.24) is 10.2 Å². The molecule has 2 bridgehead atoms. The van der Waals surface area contributed by atoms with Crippen molar-refractivity contribution in [2.75, 3.05) is 39.5 Å². The Kier molecular flexibility index (Phi) is 11.2. The number of hydrogen-bond donors (Lipinski definition) is 1. The minimum absolute atomic E-state index is 0.0241. The Labute approximate surface area is 247 Å². The van der Waals surface area contributed by atoms with E-state index in [-0.39, 0.29) is 24.5 Å². The number of fused-ring (bicyclic) bond motifs is 3. The van der Waals surface area contributed by atoms with Gasteiger partial charge in [0.1, 0.15) is 11.9 Å². The van der Waals surface area contributed by atoms with Crippen LogP contribution in [0.5, 0.6) is 5.75 Å². The van der Waals surface area contributed by atoms with Gasteiger partial charge in [-0.3, -0.25) is 4.90 Å². The number of halogens is 1. The maximum Gasteiger partial charge on any atom is 0.408 e. The first-order chi connectivity index (χ1) is 19.6. The first kappa shape index (κ1) is 29.4. The second kappa shape index (κ2) is 15.2. The summed E-state index contributed by atoms with van der Waals surface area (Å²) in [5, 5.41) is 3.16. The Morgan fingerprint density at radius 3 is 2.40 bits per heavy atom. The molecule has 1 amide bonds. The first-order valence-corrected chi connectivity index (χ1v) is 15.8. The molecular weight excluding hydrogens is 572 g/mol. The quantitative estimate of drug-likeness (QED) is 0.235. The lowest BCUT2D eigenvalue weighted by molar-refractivity contribution is -0.0480. The largest absolute Gasteiger partial charge is 0.494 e. The number of hydrogen-bond acceptors (Lipinski definition) is 6. The monoisotopic (exact) mass is 614 g/mol. The smallest absolute Gasteiger partial charge is 0.408 e. The average molecular weight is 616 g/mol. The van der Waals surface area contributed by atoms with E-state index in [0.29, 0.717) is 12.5 Å². The number of benzene rings is 2. The maximum absolute atomic E-state index is 13.1. The number of ether oxygens (including phenoxy) is 4. The summed E-state index contributed by atoms with van der Waals surface area (Å²) in [7, 11) is 0. The molecule has 7 nitrogen and oxygen atoms in total. The lowest BCUT2D eigenvalue weighted by atomic mass is 9.86. The number of rotatable bonds is 14. The Hall–Kier alpha value is -2.13. The lowest BCUT2D eigenvalue weighted by Gasteiger charge is -2.43. The third-order valence-corrected chi connectivity index (χ3v) is 8.73. The molecule has 4 heterocycles. The molecule has 0 aliphatic carbocycles. The molecule has 8 heteroatoms. The molecular formula is C32H43BrN2O5. The fourth-order valence-corrected chi connectivity index (χ4v) is 6.55. The molecule has 0 saturated carbocycles. The summed E-state index contributed by atoms with van der Waals surface area (Å²) >= 11 is 3.66. The summed E-state index contributed by atoms with van der Waals surface area (Å²) in [4.78, 5) is 15.5. The van der Waals surface area contributed by atoms with Crippen molar-refractivity contribution < 1.29 is 23.7 Å². The van der Waals surface area contributed by atoms with Gasteiger partial charge in [-0.15, -0.1) is 0 Å². The van der Waals surface area contributed by atoms with Gasteiger partial charge in [-0.05, 0) is 80.4 Å². The van der Waals surface area contributed by atoms with Crippen LogP contribution in [0.3, 0.4) is 0 Å². The molecule has 4 aliphatic rings. The zero-order chi connectivity index (χ0) is 27.6. The van der Waals surface area contributed by atoms with E-state index in [0.717, 1.165) is 92.7 Å². The van der Waals surface area contributed by atoms with Gasteiger partial charge in [-0.2, -0.15) is 0 Å². The van der Waals surface area contributed by atoms with Gasteiger partial charge >= 0.3 is 6.09 Å². The molecule has 2 atom stereocenters. The summed E-state index contributed by atoms with van der Waals surface area (Å²) < 4.78 is 24.0. The highest BCUT2D eigenvalue weighted by Gasteiger charge is 2.37. The van der Waals surface area contributed by atoms with Gasteiger partial charge in [0.25, 0.3) is 0 Å². The number of carbonyl (C=O) groups excluding carboxylic acids is 1. The molecule has 2 aromatic carbocycles. The van der Waals surface area contributed by atoms with Gasteiger partial charge in [0.15, 0.2) is 6.29 Å². The third-order valence-electron chi connectivity index (χ3n) is 8.27. The van der Waals surface area contributed by atoms with Crippen LogP contribution in [0.25, 0.3) is 0 Å². The van der Waals surface area contributed by atoms with Crippen LogP contribution in [0.15, 0.2) is 53.0 Å². The number of nitrogens with one attached hydrogen (secondary N) is 1. The van der Waals surface area contributed by atoms with Crippen LogP contribution in [0.2, 0.25) is 0 Å². The number of unbranched alkanes of at least 4 members (excludes halogenated alkanes) is 5. The lowest BCUT2D eigenvalue weighted by Crippen LogP contribution is -2.52. The van der Waals surface area contributed by atoms with Crippen LogP contribution < -0.4 is 10.1 Å². The molecule has 2 unspecified atom stereocenters. The summed E-state index contributed by atoms with van der Waals surface area (Å²) in [6.45, 7) is 5.22. The van der Waals surface area contributed by atoms with E-state index < -0.39 is 0 Å². The number of amides is 1. The fraction of sp³-hybridized carbons (Fsp3) is 0.594. The van der Waals surface area contributed by atoms with Crippen molar-refractivity contribution in [2.24, 2.45) is 5.92 Å². The Balaban J connectivity index is 1.11. The SMILES string of the molecule is O=C(NC(c1ccccc1)c1cc(Br)cc(OCCCCCCCCC2OCCO2)c1)OC1CN2CCC1CC2. The Morgan fingerprint density at radius 1 is 0.950 bits per heavy atom. The van der Waals surface area contributed by atoms with E-state index in [1.54, 1.807) is 0 Å². The highest BCUT2D eigenvalue weighted by molar-refractivity contribution is 9.10. The molecule has 218 valence electrons. The molecule has 0 radical (unpaired) electrons. The Bertz CT molecular complexity index is 1060. The number of carbonyl (C=O) groups is 1. The van der Waals surface area contributed by atoms with Gasteiger partial charge in [0.2, 0.25) is 0 Å². The molecule has 0 spiro atoms. The zero-order valence-electron chi connectivity index (χ0n) is 23.4. The normalized spacial score (nSPS) is 23.2. The highest BCUT2D eigenvalue weighted by Crippen LogP contribution is 2.32. The third kappa shape index (κ3) is 8.68. The van der Waals surface area contributed by atoms with Crippen LogP contribution in [-0.4, -0.2) is 62.8 Å². The van der Waals surface area contributed by atoms with Crippen molar-refractivity contribution in [3.63, 3.8) is 0 Å². The van der Waals surface area contributed by atoms with Crippen LogP contribution in [0, 0.1) is 5.92 Å². The summed E-state index contributed by atoms with van der Waals surface area (Å²) in [6, 6.07) is 15.8. The maximum atomic E-state index is 13.1. The predicted molar refractivity (Wildman–Crippen MR) is 159 cm³/mol. The first-order valence-electron chi connectivity index (χ1n) is 15.0. The van der Waals surface area contributed by atoms with Gasteiger partial charge in [0.05, 0.1) is 25.9 Å². The molecule has 6 rings (SSSR count). The molecule has 2 aromatic rings. The number of alkyl carbamates (subject to hydrolysis) is 1. The van der Waals surface area contributed by atoms with Gasteiger partial charge in [-0.25, -0.2) is 4.79 Å². The van der Waals surface area contributed by atoms with Gasteiger partial charge in [-0.1, -0.05) is 71.9 Å². The summed E-state index contributed by atoms with van der Waals surface area (Å²) in [6.07, 6.45) is 9.83. The van der Waals surface area contributed by atoms with Crippen LogP contribution in [-0.2, 0) is 14.2 Å². The average Bonchev–Trinajstić information content (AvgIpc) is 3.49. The second-order valence-corrected chi connectivity index (χ2v) is 12.1. The molecule has 40 heavy (non-hydrogen) atoms. The molecule has 4 saturated heterocycles. The minimum Gasteiger partial charge on any atom is -0.494 e. The molecule has 4 fully saturated rings.